The highest BCUT2D eigenvalue weighted by molar-refractivity contribution is 6.13. The first-order chi connectivity index (χ1) is 12.5. The van der Waals surface area contributed by atoms with Crippen LogP contribution in [0.5, 0.6) is 17.2 Å². The maximum atomic E-state index is 13.0. The molecule has 1 aliphatic heterocycles. The third-order valence-electron chi connectivity index (χ3n) is 3.74. The van der Waals surface area contributed by atoms with E-state index in [0.29, 0.717) is 28.4 Å². The van der Waals surface area contributed by atoms with E-state index in [1.54, 1.807) is 12.1 Å². The molecule has 0 atom stereocenters. The van der Waals surface area contributed by atoms with E-state index in [0.717, 1.165) is 0 Å². The lowest BCUT2D eigenvalue weighted by Gasteiger charge is -2.12. The molecule has 0 aromatic heterocycles. The average molecular weight is 357 g/mol. The normalized spacial score (nSPS) is 14.8. The maximum absolute atomic E-state index is 13.0. The number of carbonyl (C=O) groups is 1. The third kappa shape index (κ3) is 3.37. The van der Waals surface area contributed by atoms with E-state index in [1.165, 1.54) is 51.7 Å². The van der Waals surface area contributed by atoms with Crippen molar-refractivity contribution < 1.29 is 28.1 Å². The summed E-state index contributed by atoms with van der Waals surface area (Å²) in [6.45, 7) is 0. The third-order valence-corrected chi connectivity index (χ3v) is 3.74. The standard InChI is InChI=1S/C19H16FNO5/c1-23-15-10-17(25-3)16(24-2)9-12(15)8-14-19(22)26-18(21-14)11-4-6-13(20)7-5-11/h4-10H,1-3H3. The van der Waals surface area contributed by atoms with Gasteiger partial charge in [-0.15, -0.1) is 0 Å². The molecule has 134 valence electrons. The number of hydrogen-bond acceptors (Lipinski definition) is 6. The van der Waals surface area contributed by atoms with Crippen LogP contribution in [0.15, 0.2) is 47.1 Å². The Bertz CT molecular complexity index is 903. The minimum atomic E-state index is -0.610. The fraction of sp³-hybridized carbons (Fsp3) is 0.158. The summed E-state index contributed by atoms with van der Waals surface area (Å²) in [7, 11) is 4.53. The molecule has 0 bridgehead atoms. The lowest BCUT2D eigenvalue weighted by atomic mass is 10.1. The average Bonchev–Trinajstić information content (AvgIpc) is 3.02. The smallest absolute Gasteiger partial charge is 0.363 e. The quantitative estimate of drug-likeness (QED) is 0.607. The number of nitrogens with zero attached hydrogens (tertiary/aromatic N) is 1. The molecular weight excluding hydrogens is 341 g/mol. The molecule has 0 amide bonds. The van der Waals surface area contributed by atoms with Crippen molar-refractivity contribution in [3.8, 4) is 17.2 Å². The van der Waals surface area contributed by atoms with Crippen LogP contribution in [0.1, 0.15) is 11.1 Å². The van der Waals surface area contributed by atoms with E-state index >= 15 is 0 Å². The Morgan fingerprint density at radius 1 is 0.962 bits per heavy atom. The van der Waals surface area contributed by atoms with Crippen molar-refractivity contribution in [2.75, 3.05) is 21.3 Å². The Morgan fingerprint density at radius 3 is 2.19 bits per heavy atom. The zero-order valence-electron chi connectivity index (χ0n) is 14.4. The fourth-order valence-electron chi connectivity index (χ4n) is 2.44. The van der Waals surface area contributed by atoms with Crippen LogP contribution >= 0.6 is 0 Å². The fourth-order valence-corrected chi connectivity index (χ4v) is 2.44. The molecule has 0 unspecified atom stereocenters. The van der Waals surface area contributed by atoms with Crippen LogP contribution < -0.4 is 14.2 Å². The molecule has 7 heteroatoms. The second kappa shape index (κ2) is 7.26. The van der Waals surface area contributed by atoms with Gasteiger partial charge >= 0.3 is 5.97 Å². The second-order valence-corrected chi connectivity index (χ2v) is 5.29. The van der Waals surface area contributed by atoms with Crippen LogP contribution in [0.25, 0.3) is 6.08 Å². The Balaban J connectivity index is 2.01. The van der Waals surface area contributed by atoms with Crippen LogP contribution in [0, 0.1) is 5.82 Å². The van der Waals surface area contributed by atoms with Gasteiger partial charge in [0, 0.05) is 17.2 Å². The van der Waals surface area contributed by atoms with Crippen molar-refractivity contribution >= 4 is 17.9 Å². The van der Waals surface area contributed by atoms with Gasteiger partial charge in [-0.2, -0.15) is 0 Å². The molecule has 0 N–H and O–H groups in total. The summed E-state index contributed by atoms with van der Waals surface area (Å²) >= 11 is 0. The number of rotatable bonds is 5. The van der Waals surface area contributed by atoms with Gasteiger partial charge in [0.1, 0.15) is 11.6 Å². The molecule has 3 rings (SSSR count). The lowest BCUT2D eigenvalue weighted by Crippen LogP contribution is -2.05. The summed E-state index contributed by atoms with van der Waals surface area (Å²) in [6, 6.07) is 8.83. The van der Waals surface area contributed by atoms with E-state index in [2.05, 4.69) is 4.99 Å². The van der Waals surface area contributed by atoms with Crippen LogP contribution in [0.3, 0.4) is 0 Å². The Kier molecular flexibility index (Phi) is 4.88. The summed E-state index contributed by atoms with van der Waals surface area (Å²) in [6.07, 6.45) is 1.53. The summed E-state index contributed by atoms with van der Waals surface area (Å²) < 4.78 is 34.0. The van der Waals surface area contributed by atoms with Crippen molar-refractivity contribution in [1.82, 2.24) is 0 Å². The van der Waals surface area contributed by atoms with Crippen molar-refractivity contribution in [1.29, 1.82) is 0 Å². The summed E-state index contributed by atoms with van der Waals surface area (Å²) in [5, 5.41) is 0. The van der Waals surface area contributed by atoms with Crippen LogP contribution in [-0.4, -0.2) is 33.2 Å². The van der Waals surface area contributed by atoms with Gasteiger partial charge in [-0.1, -0.05) is 0 Å². The van der Waals surface area contributed by atoms with Gasteiger partial charge in [0.25, 0.3) is 0 Å². The van der Waals surface area contributed by atoms with Gasteiger partial charge in [-0.05, 0) is 36.4 Å². The number of carbonyl (C=O) groups excluding carboxylic acids is 1. The SMILES string of the molecule is COc1cc(OC)c(OC)cc1C=C1N=C(c2ccc(F)cc2)OC1=O. The predicted octanol–water partition coefficient (Wildman–Crippen LogP) is 3.20. The zero-order valence-corrected chi connectivity index (χ0v) is 14.4. The molecule has 0 spiro atoms. The molecule has 0 saturated heterocycles. The van der Waals surface area contributed by atoms with Crippen molar-refractivity contribution in [3.05, 3.63) is 59.0 Å². The molecule has 2 aromatic rings. The number of esters is 1. The van der Waals surface area contributed by atoms with Crippen molar-refractivity contribution in [3.63, 3.8) is 0 Å². The van der Waals surface area contributed by atoms with Gasteiger partial charge in [0.05, 0.1) is 21.3 Å². The number of cyclic esters (lactones) is 1. The number of benzene rings is 2. The molecule has 0 fully saturated rings. The number of hydrogen-bond donors (Lipinski definition) is 0. The Labute approximate surface area is 149 Å². The number of methoxy groups -OCH3 is 3. The van der Waals surface area contributed by atoms with Gasteiger partial charge in [0.2, 0.25) is 5.90 Å². The number of aliphatic imine (C=N–C) groups is 1. The highest BCUT2D eigenvalue weighted by Gasteiger charge is 2.25. The first kappa shape index (κ1) is 17.5. The predicted molar refractivity (Wildman–Crippen MR) is 93.1 cm³/mol. The Hall–Kier alpha value is -3.35. The van der Waals surface area contributed by atoms with E-state index in [9.17, 15) is 9.18 Å². The van der Waals surface area contributed by atoms with E-state index in [1.807, 2.05) is 0 Å². The molecule has 0 radical (unpaired) electrons. The minimum absolute atomic E-state index is 0.0924. The summed E-state index contributed by atoms with van der Waals surface area (Å²) in [4.78, 5) is 16.3. The molecular formula is C19H16FNO5. The number of ether oxygens (including phenoxy) is 4. The monoisotopic (exact) mass is 357 g/mol. The van der Waals surface area contributed by atoms with E-state index in [4.69, 9.17) is 18.9 Å². The van der Waals surface area contributed by atoms with Crippen LogP contribution in [0.4, 0.5) is 4.39 Å². The van der Waals surface area contributed by atoms with E-state index < -0.39 is 5.97 Å². The molecule has 26 heavy (non-hydrogen) atoms. The minimum Gasteiger partial charge on any atom is -0.496 e. The first-order valence-electron chi connectivity index (χ1n) is 7.64. The van der Waals surface area contributed by atoms with Crippen molar-refractivity contribution in [2.45, 2.75) is 0 Å². The summed E-state index contributed by atoms with van der Waals surface area (Å²) in [5.74, 6) is 0.574. The molecule has 6 nitrogen and oxygen atoms in total. The van der Waals surface area contributed by atoms with Gasteiger partial charge < -0.3 is 18.9 Å². The van der Waals surface area contributed by atoms with Gasteiger partial charge in [-0.3, -0.25) is 0 Å². The molecule has 0 aliphatic carbocycles. The maximum Gasteiger partial charge on any atom is 0.363 e. The largest absolute Gasteiger partial charge is 0.496 e. The topological polar surface area (TPSA) is 66.3 Å². The highest BCUT2D eigenvalue weighted by atomic mass is 19.1. The number of halogens is 1. The molecule has 0 saturated carbocycles. The second-order valence-electron chi connectivity index (χ2n) is 5.29. The zero-order chi connectivity index (χ0) is 18.7. The molecule has 1 aliphatic rings. The van der Waals surface area contributed by atoms with Crippen LogP contribution in [0.2, 0.25) is 0 Å². The first-order valence-corrected chi connectivity index (χ1v) is 7.64. The van der Waals surface area contributed by atoms with Crippen LogP contribution in [-0.2, 0) is 9.53 Å². The Morgan fingerprint density at radius 2 is 1.58 bits per heavy atom. The summed E-state index contributed by atoms with van der Waals surface area (Å²) in [5.41, 5.74) is 1.17. The van der Waals surface area contributed by atoms with E-state index in [-0.39, 0.29) is 17.4 Å². The van der Waals surface area contributed by atoms with Gasteiger partial charge in [0.15, 0.2) is 17.2 Å². The lowest BCUT2D eigenvalue weighted by molar-refractivity contribution is -0.129. The van der Waals surface area contributed by atoms with Crippen molar-refractivity contribution in [2.24, 2.45) is 4.99 Å². The molecule has 2 aromatic carbocycles. The molecule has 1 heterocycles. The highest BCUT2D eigenvalue weighted by Crippen LogP contribution is 2.36. The van der Waals surface area contributed by atoms with Gasteiger partial charge in [-0.25, -0.2) is 14.2 Å².